The highest BCUT2D eigenvalue weighted by atomic mass is 16.2. The molecule has 3 aromatic rings. The van der Waals surface area contributed by atoms with Gasteiger partial charge in [-0.1, -0.05) is 26.0 Å². The van der Waals surface area contributed by atoms with Gasteiger partial charge in [-0.15, -0.1) is 0 Å². The van der Waals surface area contributed by atoms with E-state index in [-0.39, 0.29) is 5.91 Å². The molecule has 1 atom stereocenters. The van der Waals surface area contributed by atoms with E-state index in [1.807, 2.05) is 30.5 Å². The molecule has 1 fully saturated rings. The van der Waals surface area contributed by atoms with E-state index in [9.17, 15) is 4.79 Å². The number of rotatable bonds is 6. The topological polar surface area (TPSA) is 66.6 Å². The van der Waals surface area contributed by atoms with Gasteiger partial charge >= 0.3 is 0 Å². The Labute approximate surface area is 165 Å². The number of benzene rings is 1. The number of nitrogens with zero attached hydrogens (tertiary/aromatic N) is 6. The highest BCUT2D eigenvalue weighted by molar-refractivity contribution is 5.95. The molecule has 1 amide bonds. The van der Waals surface area contributed by atoms with Crippen molar-refractivity contribution >= 4 is 11.7 Å². The molecular weight excluding hydrogens is 352 g/mol. The summed E-state index contributed by atoms with van der Waals surface area (Å²) in [6.45, 7) is 8.20. The molecule has 0 saturated carbocycles. The number of aromatic nitrogens is 4. The summed E-state index contributed by atoms with van der Waals surface area (Å²) in [5.41, 5.74) is 2.69. The summed E-state index contributed by atoms with van der Waals surface area (Å²) in [6, 6.07) is 8.09. The third kappa shape index (κ3) is 3.62. The van der Waals surface area contributed by atoms with Gasteiger partial charge < -0.3 is 9.80 Å². The van der Waals surface area contributed by atoms with Gasteiger partial charge in [-0.25, -0.2) is 9.50 Å². The molecule has 1 aromatic carbocycles. The Morgan fingerprint density at radius 1 is 1.14 bits per heavy atom. The molecule has 2 aromatic heterocycles. The molecule has 3 heterocycles. The molecule has 7 nitrogen and oxygen atoms in total. The average Bonchev–Trinajstić information content (AvgIpc) is 3.40. The Hall–Kier alpha value is -2.80. The van der Waals surface area contributed by atoms with Crippen LogP contribution in [0.1, 0.15) is 37.0 Å². The third-order valence-electron chi connectivity index (χ3n) is 5.60. The van der Waals surface area contributed by atoms with E-state index in [1.165, 1.54) is 6.33 Å². The summed E-state index contributed by atoms with van der Waals surface area (Å²) in [4.78, 5) is 25.9. The van der Waals surface area contributed by atoms with Gasteiger partial charge in [0.2, 0.25) is 0 Å². The van der Waals surface area contributed by atoms with Crippen LogP contribution >= 0.6 is 0 Å². The zero-order valence-corrected chi connectivity index (χ0v) is 16.5. The van der Waals surface area contributed by atoms with E-state index in [2.05, 4.69) is 38.7 Å². The first-order valence-corrected chi connectivity index (χ1v) is 9.98. The number of carbonyl (C=O) groups is 1. The first-order valence-electron chi connectivity index (χ1n) is 9.98. The molecule has 1 aliphatic rings. The van der Waals surface area contributed by atoms with Crippen molar-refractivity contribution in [3.63, 3.8) is 0 Å². The zero-order valence-electron chi connectivity index (χ0n) is 16.5. The summed E-state index contributed by atoms with van der Waals surface area (Å²) in [6.07, 6.45) is 7.33. The SMILES string of the molecule is CCN(CC)CC1CCCN1C(=O)c1ccc(-c2cnc3ncnn3c2)cc1. The molecule has 1 unspecified atom stereocenters. The second kappa shape index (κ2) is 8.06. The number of hydrogen-bond acceptors (Lipinski definition) is 5. The van der Waals surface area contributed by atoms with Gasteiger partial charge in [-0.05, 0) is 43.6 Å². The summed E-state index contributed by atoms with van der Waals surface area (Å²) >= 11 is 0. The van der Waals surface area contributed by atoms with Crippen LogP contribution in [-0.2, 0) is 0 Å². The zero-order chi connectivity index (χ0) is 19.5. The van der Waals surface area contributed by atoms with Crippen LogP contribution in [0.4, 0.5) is 0 Å². The molecule has 7 heteroatoms. The van der Waals surface area contributed by atoms with Crippen LogP contribution in [-0.4, -0.2) is 67.5 Å². The fourth-order valence-electron chi connectivity index (χ4n) is 3.91. The lowest BCUT2D eigenvalue weighted by molar-refractivity contribution is 0.0704. The maximum atomic E-state index is 13.1. The van der Waals surface area contributed by atoms with Crippen molar-refractivity contribution in [1.29, 1.82) is 0 Å². The predicted octanol–water partition coefficient (Wildman–Crippen LogP) is 2.74. The Kier molecular flexibility index (Phi) is 5.34. The molecule has 0 radical (unpaired) electrons. The molecule has 146 valence electrons. The molecular formula is C21H26N6O. The van der Waals surface area contributed by atoms with Crippen LogP contribution in [0.3, 0.4) is 0 Å². The standard InChI is InChI=1S/C21H26N6O/c1-3-25(4-2)14-19-6-5-11-26(19)20(28)17-9-7-16(8-10-17)18-12-22-21-23-15-24-27(21)13-18/h7-10,12-13,15,19H,3-6,11,14H2,1-2H3. The van der Waals surface area contributed by atoms with Gasteiger partial charge in [-0.2, -0.15) is 10.1 Å². The van der Waals surface area contributed by atoms with Gasteiger partial charge in [0.05, 0.1) is 0 Å². The maximum absolute atomic E-state index is 13.1. The minimum atomic E-state index is 0.131. The van der Waals surface area contributed by atoms with E-state index in [4.69, 9.17) is 0 Å². The minimum absolute atomic E-state index is 0.131. The highest BCUT2D eigenvalue weighted by Crippen LogP contribution is 2.23. The normalized spacial score (nSPS) is 17.0. The van der Waals surface area contributed by atoms with Crippen molar-refractivity contribution in [1.82, 2.24) is 29.4 Å². The van der Waals surface area contributed by atoms with Crippen molar-refractivity contribution in [3.8, 4) is 11.1 Å². The summed E-state index contributed by atoms with van der Waals surface area (Å²) in [5, 5.41) is 4.13. The van der Waals surface area contributed by atoms with Crippen molar-refractivity contribution in [2.75, 3.05) is 26.2 Å². The van der Waals surface area contributed by atoms with Gasteiger partial charge in [0.1, 0.15) is 6.33 Å². The van der Waals surface area contributed by atoms with Gasteiger partial charge in [0, 0.05) is 42.7 Å². The van der Waals surface area contributed by atoms with Crippen LogP contribution in [0.2, 0.25) is 0 Å². The molecule has 1 aliphatic heterocycles. The van der Waals surface area contributed by atoms with Crippen molar-refractivity contribution in [3.05, 3.63) is 48.5 Å². The van der Waals surface area contributed by atoms with Gasteiger partial charge in [0.25, 0.3) is 11.7 Å². The lowest BCUT2D eigenvalue weighted by Crippen LogP contribution is -2.43. The molecule has 4 rings (SSSR count). The third-order valence-corrected chi connectivity index (χ3v) is 5.60. The highest BCUT2D eigenvalue weighted by Gasteiger charge is 2.30. The van der Waals surface area contributed by atoms with E-state index in [0.29, 0.717) is 11.8 Å². The smallest absolute Gasteiger partial charge is 0.254 e. The van der Waals surface area contributed by atoms with Crippen LogP contribution < -0.4 is 0 Å². The molecule has 1 saturated heterocycles. The number of carbonyl (C=O) groups excluding carboxylic acids is 1. The average molecular weight is 378 g/mol. The van der Waals surface area contributed by atoms with E-state index in [0.717, 1.165) is 55.7 Å². The van der Waals surface area contributed by atoms with Gasteiger partial charge in [-0.3, -0.25) is 4.79 Å². The number of hydrogen-bond donors (Lipinski definition) is 0. The Bertz CT molecular complexity index is 947. The fraction of sp³-hybridized carbons (Fsp3) is 0.429. The number of fused-ring (bicyclic) bond motifs is 1. The molecule has 28 heavy (non-hydrogen) atoms. The summed E-state index contributed by atoms with van der Waals surface area (Å²) in [7, 11) is 0. The second-order valence-corrected chi connectivity index (χ2v) is 7.21. The van der Waals surface area contributed by atoms with Crippen molar-refractivity contribution in [2.45, 2.75) is 32.7 Å². The molecule has 0 aliphatic carbocycles. The predicted molar refractivity (Wildman–Crippen MR) is 108 cm³/mol. The first kappa shape index (κ1) is 18.6. The lowest BCUT2D eigenvalue weighted by atomic mass is 10.1. The Morgan fingerprint density at radius 2 is 1.93 bits per heavy atom. The van der Waals surface area contributed by atoms with E-state index in [1.54, 1.807) is 10.7 Å². The van der Waals surface area contributed by atoms with Crippen LogP contribution in [0, 0.1) is 0 Å². The van der Waals surface area contributed by atoms with Crippen molar-refractivity contribution in [2.24, 2.45) is 0 Å². The Balaban J connectivity index is 1.50. The second-order valence-electron chi connectivity index (χ2n) is 7.21. The van der Waals surface area contributed by atoms with E-state index < -0.39 is 0 Å². The van der Waals surface area contributed by atoms with Gasteiger partial charge in [0.15, 0.2) is 0 Å². The first-order chi connectivity index (χ1) is 13.7. The van der Waals surface area contributed by atoms with Crippen molar-refractivity contribution < 1.29 is 4.79 Å². The van der Waals surface area contributed by atoms with Crippen LogP contribution in [0.25, 0.3) is 16.9 Å². The molecule has 0 bridgehead atoms. The number of likely N-dealkylation sites (tertiary alicyclic amines) is 1. The maximum Gasteiger partial charge on any atom is 0.254 e. The number of amides is 1. The quantitative estimate of drug-likeness (QED) is 0.660. The number of likely N-dealkylation sites (N-methyl/N-ethyl adjacent to an activating group) is 1. The lowest BCUT2D eigenvalue weighted by Gasteiger charge is -2.29. The summed E-state index contributed by atoms with van der Waals surface area (Å²) < 4.78 is 1.65. The molecule has 0 spiro atoms. The van der Waals surface area contributed by atoms with Crippen LogP contribution in [0.5, 0.6) is 0 Å². The Morgan fingerprint density at radius 3 is 2.68 bits per heavy atom. The largest absolute Gasteiger partial charge is 0.334 e. The molecule has 0 N–H and O–H groups in total. The van der Waals surface area contributed by atoms with Crippen LogP contribution in [0.15, 0.2) is 43.0 Å². The van der Waals surface area contributed by atoms with E-state index >= 15 is 0 Å². The monoisotopic (exact) mass is 378 g/mol. The minimum Gasteiger partial charge on any atom is -0.334 e. The fourth-order valence-corrected chi connectivity index (χ4v) is 3.91. The summed E-state index contributed by atoms with van der Waals surface area (Å²) in [5.74, 6) is 0.704.